The lowest BCUT2D eigenvalue weighted by Gasteiger charge is -2.36. The highest BCUT2D eigenvalue weighted by Gasteiger charge is 2.32. The van der Waals surface area contributed by atoms with E-state index in [0.29, 0.717) is 0 Å². The van der Waals surface area contributed by atoms with Crippen molar-refractivity contribution in [3.05, 3.63) is 0 Å². The fourth-order valence-electron chi connectivity index (χ4n) is 1.92. The summed E-state index contributed by atoms with van der Waals surface area (Å²) in [6, 6.07) is 0. The molecule has 1 aliphatic heterocycles. The van der Waals surface area contributed by atoms with Gasteiger partial charge in [0.05, 0.1) is 13.2 Å². The minimum atomic E-state index is 0.226. The molecule has 0 aromatic heterocycles. The molecule has 0 spiro atoms. The maximum atomic E-state index is 5.56. The lowest BCUT2D eigenvalue weighted by atomic mass is 9.83. The Kier molecular flexibility index (Phi) is 5.45. The van der Waals surface area contributed by atoms with E-state index in [2.05, 4.69) is 12.2 Å². The van der Waals surface area contributed by atoms with Crippen LogP contribution in [0.5, 0.6) is 0 Å². The molecule has 0 saturated carbocycles. The fourth-order valence-corrected chi connectivity index (χ4v) is 1.92. The maximum Gasteiger partial charge on any atom is 0.0556 e. The molecule has 1 rings (SSSR count). The van der Waals surface area contributed by atoms with E-state index in [1.54, 1.807) is 0 Å². The summed E-state index contributed by atoms with van der Waals surface area (Å²) >= 11 is 0. The van der Waals surface area contributed by atoms with Crippen LogP contribution in [0.4, 0.5) is 0 Å². The molecule has 14 heavy (non-hydrogen) atoms. The highest BCUT2D eigenvalue weighted by molar-refractivity contribution is 4.83. The molecular formula is C11H23NO2. The van der Waals surface area contributed by atoms with Crippen LogP contribution in [-0.2, 0) is 9.47 Å². The van der Waals surface area contributed by atoms with Gasteiger partial charge in [-0.2, -0.15) is 0 Å². The van der Waals surface area contributed by atoms with Crippen molar-refractivity contribution in [2.24, 2.45) is 5.41 Å². The summed E-state index contributed by atoms with van der Waals surface area (Å²) in [5.74, 6) is 0. The van der Waals surface area contributed by atoms with Crippen molar-refractivity contribution < 1.29 is 9.47 Å². The zero-order valence-electron chi connectivity index (χ0n) is 9.47. The van der Waals surface area contributed by atoms with Gasteiger partial charge in [-0.3, -0.25) is 0 Å². The fraction of sp³-hybridized carbons (Fsp3) is 1.00. The molecule has 3 nitrogen and oxygen atoms in total. The Bertz CT molecular complexity index is 134. The number of rotatable bonds is 6. The molecular weight excluding hydrogens is 178 g/mol. The van der Waals surface area contributed by atoms with Crippen LogP contribution >= 0.6 is 0 Å². The molecule has 1 saturated heterocycles. The first-order valence-electron chi connectivity index (χ1n) is 5.69. The standard InChI is InChI=1S/C11H23NO2/c1-3-12-8-11(9-13-4-2)6-5-7-14-10-11/h12H,3-10H2,1-2H3. The number of nitrogens with one attached hydrogen (secondary N) is 1. The van der Waals surface area contributed by atoms with Gasteiger partial charge in [-0.1, -0.05) is 6.92 Å². The molecule has 0 bridgehead atoms. The Hall–Kier alpha value is -0.120. The third-order valence-corrected chi connectivity index (χ3v) is 2.77. The Morgan fingerprint density at radius 3 is 2.86 bits per heavy atom. The van der Waals surface area contributed by atoms with Gasteiger partial charge in [-0.05, 0) is 26.3 Å². The Labute approximate surface area is 87.2 Å². The Morgan fingerprint density at radius 1 is 1.43 bits per heavy atom. The van der Waals surface area contributed by atoms with E-state index in [9.17, 15) is 0 Å². The number of ether oxygens (including phenoxy) is 2. The first-order chi connectivity index (χ1) is 6.83. The van der Waals surface area contributed by atoms with Gasteiger partial charge < -0.3 is 14.8 Å². The normalized spacial score (nSPS) is 27.9. The monoisotopic (exact) mass is 201 g/mol. The second-order valence-corrected chi connectivity index (χ2v) is 4.07. The average molecular weight is 201 g/mol. The molecule has 1 N–H and O–H groups in total. The van der Waals surface area contributed by atoms with Crippen molar-refractivity contribution in [1.82, 2.24) is 5.32 Å². The van der Waals surface area contributed by atoms with Crippen LogP contribution in [0.15, 0.2) is 0 Å². The van der Waals surface area contributed by atoms with E-state index in [0.717, 1.165) is 39.5 Å². The quantitative estimate of drug-likeness (QED) is 0.705. The zero-order valence-corrected chi connectivity index (χ0v) is 9.47. The summed E-state index contributed by atoms with van der Waals surface area (Å²) in [4.78, 5) is 0. The van der Waals surface area contributed by atoms with Gasteiger partial charge in [0, 0.05) is 25.2 Å². The van der Waals surface area contributed by atoms with Gasteiger partial charge in [-0.25, -0.2) is 0 Å². The van der Waals surface area contributed by atoms with Crippen LogP contribution in [-0.4, -0.2) is 39.5 Å². The molecule has 1 atom stereocenters. The molecule has 1 aliphatic rings. The summed E-state index contributed by atoms with van der Waals surface area (Å²) < 4.78 is 11.1. The van der Waals surface area contributed by atoms with Crippen LogP contribution in [0.1, 0.15) is 26.7 Å². The van der Waals surface area contributed by atoms with E-state index in [-0.39, 0.29) is 5.41 Å². The molecule has 0 aromatic rings. The third-order valence-electron chi connectivity index (χ3n) is 2.77. The summed E-state index contributed by atoms with van der Waals surface area (Å²) in [7, 11) is 0. The van der Waals surface area contributed by atoms with Crippen molar-refractivity contribution in [2.75, 3.05) is 39.5 Å². The molecule has 84 valence electrons. The van der Waals surface area contributed by atoms with E-state index in [1.165, 1.54) is 12.8 Å². The summed E-state index contributed by atoms with van der Waals surface area (Å²) in [6.07, 6.45) is 2.39. The molecule has 1 heterocycles. The third kappa shape index (κ3) is 3.56. The van der Waals surface area contributed by atoms with Gasteiger partial charge in [0.15, 0.2) is 0 Å². The van der Waals surface area contributed by atoms with Gasteiger partial charge in [0.1, 0.15) is 0 Å². The number of hydrogen-bond donors (Lipinski definition) is 1. The van der Waals surface area contributed by atoms with Crippen molar-refractivity contribution in [1.29, 1.82) is 0 Å². The van der Waals surface area contributed by atoms with Gasteiger partial charge in [0.25, 0.3) is 0 Å². The summed E-state index contributed by atoms with van der Waals surface area (Å²) in [5.41, 5.74) is 0.226. The van der Waals surface area contributed by atoms with E-state index < -0.39 is 0 Å². The van der Waals surface area contributed by atoms with Crippen molar-refractivity contribution in [3.8, 4) is 0 Å². The molecule has 0 aliphatic carbocycles. The lowest BCUT2D eigenvalue weighted by Crippen LogP contribution is -2.44. The molecule has 1 unspecified atom stereocenters. The van der Waals surface area contributed by atoms with Crippen molar-refractivity contribution in [3.63, 3.8) is 0 Å². The van der Waals surface area contributed by atoms with E-state index >= 15 is 0 Å². The van der Waals surface area contributed by atoms with Crippen LogP contribution in [0, 0.1) is 5.41 Å². The summed E-state index contributed by atoms with van der Waals surface area (Å²) in [6.45, 7) is 9.62. The highest BCUT2D eigenvalue weighted by Crippen LogP contribution is 2.28. The lowest BCUT2D eigenvalue weighted by molar-refractivity contribution is -0.0555. The van der Waals surface area contributed by atoms with Crippen LogP contribution < -0.4 is 5.32 Å². The van der Waals surface area contributed by atoms with Crippen molar-refractivity contribution in [2.45, 2.75) is 26.7 Å². The van der Waals surface area contributed by atoms with E-state index in [4.69, 9.17) is 9.47 Å². The largest absolute Gasteiger partial charge is 0.381 e. The Morgan fingerprint density at radius 2 is 2.29 bits per heavy atom. The highest BCUT2D eigenvalue weighted by atomic mass is 16.5. The second-order valence-electron chi connectivity index (χ2n) is 4.07. The molecule has 0 aromatic carbocycles. The topological polar surface area (TPSA) is 30.5 Å². The molecule has 0 amide bonds. The minimum Gasteiger partial charge on any atom is -0.381 e. The molecule has 0 radical (unpaired) electrons. The van der Waals surface area contributed by atoms with Gasteiger partial charge in [0.2, 0.25) is 0 Å². The second kappa shape index (κ2) is 6.38. The minimum absolute atomic E-state index is 0.226. The van der Waals surface area contributed by atoms with Gasteiger partial charge >= 0.3 is 0 Å². The van der Waals surface area contributed by atoms with E-state index in [1.807, 2.05) is 6.92 Å². The van der Waals surface area contributed by atoms with Crippen LogP contribution in [0.25, 0.3) is 0 Å². The summed E-state index contributed by atoms with van der Waals surface area (Å²) in [5, 5.41) is 3.41. The molecule has 1 fully saturated rings. The smallest absolute Gasteiger partial charge is 0.0556 e. The van der Waals surface area contributed by atoms with Gasteiger partial charge in [-0.15, -0.1) is 0 Å². The number of hydrogen-bond acceptors (Lipinski definition) is 3. The zero-order chi connectivity index (χ0) is 10.3. The maximum absolute atomic E-state index is 5.56. The Balaban J connectivity index is 2.39. The van der Waals surface area contributed by atoms with Crippen molar-refractivity contribution >= 4 is 0 Å². The van der Waals surface area contributed by atoms with Crippen LogP contribution in [0.2, 0.25) is 0 Å². The predicted molar refractivity (Wildman–Crippen MR) is 57.5 cm³/mol. The average Bonchev–Trinajstić information content (AvgIpc) is 2.25. The first kappa shape index (κ1) is 12.0. The predicted octanol–water partition coefficient (Wildman–Crippen LogP) is 1.43. The first-order valence-corrected chi connectivity index (χ1v) is 5.69. The SMILES string of the molecule is CCNCC1(COCC)CCCOC1. The van der Waals surface area contributed by atoms with Crippen LogP contribution in [0.3, 0.4) is 0 Å². The molecule has 3 heteroatoms.